The second kappa shape index (κ2) is 11.1. The standard InChI is InChI=1S/C24H24F3N3OS.BrH/c1-5-30(4)14-28-20-11-15(2)18(10-16(20)3)12-22-29-21(13-32-22)23(31)17-6-8-19(9-7-17)24(25,26)27;/h6-11,13-14H,5,12H2,1-4H3;1H. The highest BCUT2D eigenvalue weighted by Crippen LogP contribution is 2.30. The summed E-state index contributed by atoms with van der Waals surface area (Å²) < 4.78 is 38.2. The minimum Gasteiger partial charge on any atom is -0.366 e. The zero-order valence-corrected chi connectivity index (χ0v) is 21.3. The lowest BCUT2D eigenvalue weighted by Gasteiger charge is -2.11. The van der Waals surface area contributed by atoms with Gasteiger partial charge in [0.2, 0.25) is 5.78 Å². The first-order valence-electron chi connectivity index (χ1n) is 10.1. The largest absolute Gasteiger partial charge is 0.416 e. The molecule has 3 rings (SSSR count). The molecule has 0 saturated carbocycles. The van der Waals surface area contributed by atoms with E-state index in [0.717, 1.165) is 46.1 Å². The Hall–Kier alpha value is -2.52. The minimum absolute atomic E-state index is 0. The maximum absolute atomic E-state index is 12.7. The zero-order chi connectivity index (χ0) is 23.5. The van der Waals surface area contributed by atoms with Gasteiger partial charge >= 0.3 is 6.18 Å². The average Bonchev–Trinajstić information content (AvgIpc) is 3.22. The van der Waals surface area contributed by atoms with Crippen LogP contribution in [0.3, 0.4) is 0 Å². The van der Waals surface area contributed by atoms with Crippen LogP contribution in [0.1, 0.15) is 50.2 Å². The van der Waals surface area contributed by atoms with Crippen LogP contribution in [0, 0.1) is 13.8 Å². The Morgan fingerprint density at radius 1 is 1.15 bits per heavy atom. The Labute approximate surface area is 206 Å². The summed E-state index contributed by atoms with van der Waals surface area (Å²) in [6, 6.07) is 8.31. The molecular formula is C24H25BrF3N3OS. The van der Waals surface area contributed by atoms with Crippen LogP contribution in [0.2, 0.25) is 0 Å². The summed E-state index contributed by atoms with van der Waals surface area (Å²) >= 11 is 1.36. The van der Waals surface area contributed by atoms with Crippen LogP contribution in [0.4, 0.5) is 18.9 Å². The van der Waals surface area contributed by atoms with Crippen molar-refractivity contribution in [3.8, 4) is 0 Å². The van der Waals surface area contributed by atoms with Crippen LogP contribution in [0.15, 0.2) is 46.8 Å². The zero-order valence-electron chi connectivity index (χ0n) is 18.7. The van der Waals surface area contributed by atoms with Crippen molar-refractivity contribution in [2.24, 2.45) is 4.99 Å². The third kappa shape index (κ3) is 6.74. The molecule has 0 amide bonds. The topological polar surface area (TPSA) is 45.6 Å². The number of carbonyl (C=O) groups excluding carboxylic acids is 1. The van der Waals surface area contributed by atoms with Gasteiger partial charge in [0, 0.05) is 31.0 Å². The number of aryl methyl sites for hydroxylation is 2. The lowest BCUT2D eigenvalue weighted by atomic mass is 10.0. The number of thiazole rings is 1. The van der Waals surface area contributed by atoms with Crippen molar-refractivity contribution in [3.63, 3.8) is 0 Å². The maximum atomic E-state index is 12.7. The predicted molar refractivity (Wildman–Crippen MR) is 132 cm³/mol. The molecule has 0 radical (unpaired) electrons. The molecule has 0 spiro atoms. The van der Waals surface area contributed by atoms with Gasteiger partial charge in [0.05, 0.1) is 22.6 Å². The van der Waals surface area contributed by atoms with E-state index in [9.17, 15) is 18.0 Å². The molecule has 1 aromatic heterocycles. The SMILES string of the molecule is Br.CCN(C)C=Nc1cc(C)c(Cc2nc(C(=O)c3ccc(C(F)(F)F)cc3)cs2)cc1C. The van der Waals surface area contributed by atoms with Crippen molar-refractivity contribution < 1.29 is 18.0 Å². The Morgan fingerprint density at radius 3 is 2.42 bits per heavy atom. The van der Waals surface area contributed by atoms with E-state index in [1.807, 2.05) is 31.9 Å². The number of aliphatic imine (C=N–C) groups is 1. The fourth-order valence-corrected chi connectivity index (χ4v) is 3.85. The van der Waals surface area contributed by atoms with E-state index in [2.05, 4.69) is 23.0 Å². The number of hydrogen-bond donors (Lipinski definition) is 0. The van der Waals surface area contributed by atoms with E-state index in [4.69, 9.17) is 0 Å². The summed E-state index contributed by atoms with van der Waals surface area (Å²) in [5.74, 6) is -0.390. The van der Waals surface area contributed by atoms with E-state index in [1.165, 1.54) is 23.5 Å². The van der Waals surface area contributed by atoms with Gasteiger partial charge in [-0.2, -0.15) is 13.2 Å². The summed E-state index contributed by atoms with van der Waals surface area (Å²) in [5, 5.41) is 2.42. The molecule has 0 aliphatic rings. The van der Waals surface area contributed by atoms with Crippen LogP contribution >= 0.6 is 28.3 Å². The molecule has 4 nitrogen and oxygen atoms in total. The van der Waals surface area contributed by atoms with Gasteiger partial charge in [0.15, 0.2) is 0 Å². The molecule has 0 atom stereocenters. The molecule has 0 saturated heterocycles. The number of alkyl halides is 3. The highest BCUT2D eigenvalue weighted by atomic mass is 79.9. The fraction of sp³-hybridized carbons (Fsp3) is 0.292. The van der Waals surface area contributed by atoms with E-state index < -0.39 is 11.7 Å². The summed E-state index contributed by atoms with van der Waals surface area (Å²) in [7, 11) is 1.96. The first-order valence-corrected chi connectivity index (χ1v) is 11.0. The molecule has 2 aromatic carbocycles. The number of carbonyl (C=O) groups is 1. The molecule has 9 heteroatoms. The van der Waals surface area contributed by atoms with E-state index in [1.54, 1.807) is 11.7 Å². The van der Waals surface area contributed by atoms with Crippen molar-refractivity contribution in [2.75, 3.05) is 13.6 Å². The molecule has 0 fully saturated rings. The van der Waals surface area contributed by atoms with Gasteiger partial charge in [-0.3, -0.25) is 4.79 Å². The number of hydrogen-bond acceptors (Lipinski definition) is 4. The minimum atomic E-state index is -4.43. The van der Waals surface area contributed by atoms with Gasteiger partial charge < -0.3 is 4.90 Å². The Balaban J connectivity index is 0.00000385. The first kappa shape index (κ1) is 26.7. The molecule has 0 aliphatic carbocycles. The molecule has 0 N–H and O–H groups in total. The van der Waals surface area contributed by atoms with E-state index >= 15 is 0 Å². The van der Waals surface area contributed by atoms with Crippen LogP contribution in [0.5, 0.6) is 0 Å². The highest BCUT2D eigenvalue weighted by Gasteiger charge is 2.30. The van der Waals surface area contributed by atoms with Gasteiger partial charge in [0.1, 0.15) is 5.69 Å². The number of aromatic nitrogens is 1. The molecule has 176 valence electrons. The van der Waals surface area contributed by atoms with Crippen molar-refractivity contribution >= 4 is 46.1 Å². The molecule has 33 heavy (non-hydrogen) atoms. The molecule has 0 unspecified atom stereocenters. The summed E-state index contributed by atoms with van der Waals surface area (Å²) in [4.78, 5) is 23.6. The molecule has 3 aromatic rings. The Morgan fingerprint density at radius 2 is 1.82 bits per heavy atom. The van der Waals surface area contributed by atoms with Gasteiger partial charge in [-0.15, -0.1) is 28.3 Å². The highest BCUT2D eigenvalue weighted by molar-refractivity contribution is 8.93. The maximum Gasteiger partial charge on any atom is 0.416 e. The Bertz CT molecular complexity index is 1140. The third-order valence-corrected chi connectivity index (χ3v) is 6.00. The quantitative estimate of drug-likeness (QED) is 0.188. The molecular weight excluding hydrogens is 515 g/mol. The fourth-order valence-electron chi connectivity index (χ4n) is 3.05. The number of halogens is 4. The average molecular weight is 540 g/mol. The van der Waals surface area contributed by atoms with Gasteiger partial charge in [-0.1, -0.05) is 18.2 Å². The second-order valence-electron chi connectivity index (χ2n) is 7.59. The lowest BCUT2D eigenvalue weighted by Crippen LogP contribution is -2.14. The van der Waals surface area contributed by atoms with Crippen LogP contribution in [0.25, 0.3) is 0 Å². The van der Waals surface area contributed by atoms with Crippen LogP contribution < -0.4 is 0 Å². The predicted octanol–water partition coefficient (Wildman–Crippen LogP) is 6.79. The first-order chi connectivity index (χ1) is 15.1. The van der Waals surface area contributed by atoms with Gasteiger partial charge in [0.25, 0.3) is 0 Å². The Kier molecular flexibility index (Phi) is 8.97. The van der Waals surface area contributed by atoms with Crippen LogP contribution in [-0.4, -0.2) is 35.6 Å². The molecule has 1 heterocycles. The van der Waals surface area contributed by atoms with E-state index in [-0.39, 0.29) is 34.0 Å². The van der Waals surface area contributed by atoms with Crippen molar-refractivity contribution in [2.45, 2.75) is 33.4 Å². The summed E-state index contributed by atoms with van der Waals surface area (Å²) in [6.07, 6.45) is -2.06. The smallest absolute Gasteiger partial charge is 0.366 e. The number of nitrogens with zero attached hydrogens (tertiary/aromatic N) is 3. The van der Waals surface area contributed by atoms with Gasteiger partial charge in [-0.25, -0.2) is 9.98 Å². The van der Waals surface area contributed by atoms with Crippen LogP contribution in [-0.2, 0) is 12.6 Å². The number of ketones is 1. The van der Waals surface area contributed by atoms with Crippen molar-refractivity contribution in [1.82, 2.24) is 9.88 Å². The number of benzene rings is 2. The van der Waals surface area contributed by atoms with Crippen molar-refractivity contribution in [3.05, 3.63) is 80.3 Å². The summed E-state index contributed by atoms with van der Waals surface area (Å²) in [6.45, 7) is 6.94. The van der Waals surface area contributed by atoms with Crippen molar-refractivity contribution in [1.29, 1.82) is 0 Å². The molecule has 0 bridgehead atoms. The lowest BCUT2D eigenvalue weighted by molar-refractivity contribution is -0.137. The molecule has 0 aliphatic heterocycles. The monoisotopic (exact) mass is 539 g/mol. The second-order valence-corrected chi connectivity index (χ2v) is 8.53. The van der Waals surface area contributed by atoms with Gasteiger partial charge in [-0.05, 0) is 55.7 Å². The normalized spacial score (nSPS) is 11.5. The third-order valence-electron chi connectivity index (χ3n) is 5.15. The van der Waals surface area contributed by atoms with E-state index in [0.29, 0.717) is 6.42 Å². The summed E-state index contributed by atoms with van der Waals surface area (Å²) in [5.41, 5.74) is 3.76. The number of rotatable bonds is 7.